The summed E-state index contributed by atoms with van der Waals surface area (Å²) < 4.78 is 23.7. The molecule has 0 bridgehead atoms. The van der Waals surface area contributed by atoms with Crippen LogP contribution in [0.4, 0.5) is 15.0 Å². The molecule has 3 aromatic rings. The zero-order valence-electron chi connectivity index (χ0n) is 18.2. The Balaban J connectivity index is 1.48. The molecule has 1 fully saturated rings. The van der Waals surface area contributed by atoms with E-state index in [9.17, 15) is 4.79 Å². The molecule has 0 saturated carbocycles. The lowest BCUT2D eigenvalue weighted by Crippen LogP contribution is -2.47. The molecule has 1 aliphatic rings. The zero-order chi connectivity index (χ0) is 22.2. The Kier molecular flexibility index (Phi) is 5.55. The van der Waals surface area contributed by atoms with Crippen molar-refractivity contribution >= 4 is 17.4 Å². The average molecular weight is 430 g/mol. The zero-order valence-corrected chi connectivity index (χ0v) is 18.2. The topological polar surface area (TPSA) is 89.6 Å². The molecule has 9 nitrogen and oxygen atoms in total. The molecule has 0 aromatic carbocycles. The lowest BCUT2D eigenvalue weighted by molar-refractivity contribution is 0.0505. The number of carbonyl (C=O) groups excluding carboxylic acids is 1. The van der Waals surface area contributed by atoms with Crippen molar-refractivity contribution in [2.75, 3.05) is 24.5 Å². The van der Waals surface area contributed by atoms with Gasteiger partial charge < -0.3 is 15.0 Å². The fourth-order valence-electron chi connectivity index (χ4n) is 3.74. The molecule has 4 heterocycles. The average Bonchev–Trinajstić information content (AvgIpc) is 3.33. The first kappa shape index (κ1) is 21.1. The van der Waals surface area contributed by atoms with Crippen LogP contribution in [0.1, 0.15) is 27.2 Å². The van der Waals surface area contributed by atoms with E-state index in [-0.39, 0.29) is 19.0 Å². The van der Waals surface area contributed by atoms with Crippen molar-refractivity contribution in [2.24, 2.45) is 13.0 Å². The Hall–Kier alpha value is -3.17. The molecule has 31 heavy (non-hydrogen) atoms. The van der Waals surface area contributed by atoms with Crippen LogP contribution in [0, 0.1) is 5.92 Å². The van der Waals surface area contributed by atoms with Gasteiger partial charge in [0.05, 0.1) is 30.8 Å². The van der Waals surface area contributed by atoms with Crippen LogP contribution in [0.3, 0.4) is 0 Å². The third kappa shape index (κ3) is 4.78. The van der Waals surface area contributed by atoms with Gasteiger partial charge in [0.2, 0.25) is 0 Å². The van der Waals surface area contributed by atoms with Crippen LogP contribution in [0.15, 0.2) is 30.9 Å². The van der Waals surface area contributed by atoms with Crippen LogP contribution in [0.25, 0.3) is 16.8 Å². The number of alkyl halides is 1. The maximum absolute atomic E-state index is 15.0. The molecule has 0 radical (unpaired) electrons. The van der Waals surface area contributed by atoms with Gasteiger partial charge in [-0.3, -0.25) is 4.68 Å². The van der Waals surface area contributed by atoms with Crippen LogP contribution >= 0.6 is 0 Å². The molecular formula is C21H28FN7O2. The number of aryl methyl sites for hydroxylation is 1. The van der Waals surface area contributed by atoms with Gasteiger partial charge in [0.15, 0.2) is 5.82 Å². The molecule has 1 aliphatic heterocycles. The molecule has 166 valence electrons. The number of piperidine rings is 1. The van der Waals surface area contributed by atoms with Gasteiger partial charge >= 0.3 is 6.09 Å². The fraction of sp³-hybridized carbons (Fsp3) is 0.524. The lowest BCUT2D eigenvalue weighted by Gasteiger charge is -2.35. The van der Waals surface area contributed by atoms with E-state index in [1.165, 1.54) is 0 Å². The number of anilines is 1. The summed E-state index contributed by atoms with van der Waals surface area (Å²) in [6.07, 6.45) is 6.15. The summed E-state index contributed by atoms with van der Waals surface area (Å²) in [6, 6.07) is 1.87. The summed E-state index contributed by atoms with van der Waals surface area (Å²) in [5, 5.41) is 11.3. The number of nitrogens with one attached hydrogen (secondary N) is 1. The van der Waals surface area contributed by atoms with Gasteiger partial charge in [-0.15, -0.1) is 0 Å². The smallest absolute Gasteiger partial charge is 0.407 e. The summed E-state index contributed by atoms with van der Waals surface area (Å²) in [7, 11) is 1.85. The van der Waals surface area contributed by atoms with Crippen molar-refractivity contribution < 1.29 is 13.9 Å². The van der Waals surface area contributed by atoms with Gasteiger partial charge in [0.1, 0.15) is 17.3 Å². The van der Waals surface area contributed by atoms with Crippen LogP contribution in [0.5, 0.6) is 0 Å². The molecule has 1 saturated heterocycles. The molecule has 3 aromatic heterocycles. The van der Waals surface area contributed by atoms with E-state index in [4.69, 9.17) is 9.72 Å². The molecule has 2 atom stereocenters. The number of rotatable bonds is 4. The first-order valence-corrected chi connectivity index (χ1v) is 10.4. The van der Waals surface area contributed by atoms with E-state index in [1.54, 1.807) is 42.4 Å². The van der Waals surface area contributed by atoms with Crippen molar-refractivity contribution in [1.82, 2.24) is 29.7 Å². The Morgan fingerprint density at radius 3 is 2.81 bits per heavy atom. The quantitative estimate of drug-likeness (QED) is 0.686. The minimum absolute atomic E-state index is 0.199. The van der Waals surface area contributed by atoms with Crippen LogP contribution < -0.4 is 10.2 Å². The van der Waals surface area contributed by atoms with Crippen molar-refractivity contribution in [3.05, 3.63) is 30.9 Å². The molecule has 4 rings (SSSR count). The van der Waals surface area contributed by atoms with Gasteiger partial charge in [0.25, 0.3) is 0 Å². The minimum atomic E-state index is -1.10. The van der Waals surface area contributed by atoms with Gasteiger partial charge in [-0.05, 0) is 33.3 Å². The van der Waals surface area contributed by atoms with E-state index in [2.05, 4.69) is 15.5 Å². The second-order valence-electron chi connectivity index (χ2n) is 8.91. The third-order valence-corrected chi connectivity index (χ3v) is 5.25. The second-order valence-corrected chi connectivity index (χ2v) is 8.91. The van der Waals surface area contributed by atoms with Crippen LogP contribution in [-0.4, -0.2) is 61.9 Å². The Morgan fingerprint density at radius 1 is 1.32 bits per heavy atom. The molecule has 0 spiro atoms. The first-order chi connectivity index (χ1) is 14.7. The predicted octanol–water partition coefficient (Wildman–Crippen LogP) is 2.82. The van der Waals surface area contributed by atoms with Gasteiger partial charge in [-0.25, -0.2) is 18.7 Å². The Labute approximate surface area is 180 Å². The van der Waals surface area contributed by atoms with E-state index >= 15 is 4.39 Å². The number of carbonyl (C=O) groups is 1. The maximum atomic E-state index is 15.0. The highest BCUT2D eigenvalue weighted by molar-refractivity contribution is 5.73. The van der Waals surface area contributed by atoms with E-state index in [1.807, 2.05) is 30.4 Å². The SMILES string of the molecule is Cn1cc(-c2cn3nccc3c(N3CC[C@H](CNC(=O)OC(C)(C)C)[C@H](F)C3)n2)cn1. The minimum Gasteiger partial charge on any atom is -0.444 e. The normalized spacial score (nSPS) is 19.6. The first-order valence-electron chi connectivity index (χ1n) is 10.4. The Bertz CT molecular complexity index is 1070. The largest absolute Gasteiger partial charge is 0.444 e. The summed E-state index contributed by atoms with van der Waals surface area (Å²) in [5.74, 6) is 0.422. The summed E-state index contributed by atoms with van der Waals surface area (Å²) in [5.41, 5.74) is 1.84. The second kappa shape index (κ2) is 8.16. The number of nitrogens with zero attached hydrogens (tertiary/aromatic N) is 6. The number of amides is 1. The number of ether oxygens (including phenoxy) is 1. The number of hydrogen-bond acceptors (Lipinski definition) is 6. The van der Waals surface area contributed by atoms with Crippen molar-refractivity contribution in [3.63, 3.8) is 0 Å². The lowest BCUT2D eigenvalue weighted by atomic mass is 9.95. The highest BCUT2D eigenvalue weighted by atomic mass is 19.1. The number of alkyl carbamates (subject to hydrolysis) is 1. The molecule has 1 N–H and O–H groups in total. The third-order valence-electron chi connectivity index (χ3n) is 5.25. The molecule has 0 unspecified atom stereocenters. The number of fused-ring (bicyclic) bond motifs is 1. The van der Waals surface area contributed by atoms with Crippen molar-refractivity contribution in [3.8, 4) is 11.3 Å². The van der Waals surface area contributed by atoms with Crippen LogP contribution in [-0.2, 0) is 11.8 Å². The van der Waals surface area contributed by atoms with Crippen molar-refractivity contribution in [2.45, 2.75) is 39.0 Å². The Morgan fingerprint density at radius 2 is 2.13 bits per heavy atom. The molecule has 1 amide bonds. The highest BCUT2D eigenvalue weighted by Gasteiger charge is 2.31. The van der Waals surface area contributed by atoms with Crippen molar-refractivity contribution in [1.29, 1.82) is 0 Å². The molecule has 10 heteroatoms. The van der Waals surface area contributed by atoms with Gasteiger partial charge in [-0.1, -0.05) is 0 Å². The maximum Gasteiger partial charge on any atom is 0.407 e. The number of aromatic nitrogens is 5. The highest BCUT2D eigenvalue weighted by Crippen LogP contribution is 2.29. The molecular weight excluding hydrogens is 401 g/mol. The fourth-order valence-corrected chi connectivity index (χ4v) is 3.74. The molecule has 0 aliphatic carbocycles. The summed E-state index contributed by atoms with van der Waals surface area (Å²) >= 11 is 0. The van der Waals surface area contributed by atoms with Crippen LogP contribution in [0.2, 0.25) is 0 Å². The van der Waals surface area contributed by atoms with E-state index in [0.717, 1.165) is 16.8 Å². The summed E-state index contributed by atoms with van der Waals surface area (Å²) in [4.78, 5) is 18.7. The summed E-state index contributed by atoms with van der Waals surface area (Å²) in [6.45, 7) is 6.47. The number of halogens is 1. The van der Waals surface area contributed by atoms with Gasteiger partial charge in [-0.2, -0.15) is 10.2 Å². The predicted molar refractivity (Wildman–Crippen MR) is 115 cm³/mol. The van der Waals surface area contributed by atoms with E-state index in [0.29, 0.717) is 18.8 Å². The number of hydrogen-bond donors (Lipinski definition) is 1. The van der Waals surface area contributed by atoms with Gasteiger partial charge in [0, 0.05) is 37.8 Å². The standard InChI is InChI=1S/C21H28FN7O2/c1-21(2,3)31-20(30)23-9-14-6-8-28(12-16(14)22)19-18-5-7-24-29(18)13-17(26-19)15-10-25-27(4)11-15/h5,7,10-11,13-14,16H,6,8-9,12H2,1-4H3,(H,23,30)/t14-,16-/m1/s1. The van der Waals surface area contributed by atoms with E-state index < -0.39 is 17.9 Å². The monoisotopic (exact) mass is 429 g/mol.